The van der Waals surface area contributed by atoms with Crippen molar-refractivity contribution in [2.45, 2.75) is 37.8 Å². The monoisotopic (exact) mass is 400 g/mol. The highest BCUT2D eigenvalue weighted by Crippen LogP contribution is 2.40. The molecule has 0 spiro atoms. The van der Waals surface area contributed by atoms with Crippen LogP contribution in [-0.2, 0) is 15.1 Å². The molecule has 0 aromatic heterocycles. The van der Waals surface area contributed by atoms with Crippen LogP contribution in [0.2, 0.25) is 0 Å². The predicted octanol–water partition coefficient (Wildman–Crippen LogP) is 3.90. The molecule has 0 bridgehead atoms. The van der Waals surface area contributed by atoms with Crippen molar-refractivity contribution in [2.75, 3.05) is 13.7 Å². The van der Waals surface area contributed by atoms with Crippen LogP contribution in [0, 0.1) is 5.82 Å². The van der Waals surface area contributed by atoms with E-state index in [1.165, 1.54) is 12.1 Å². The van der Waals surface area contributed by atoms with Crippen molar-refractivity contribution < 1.29 is 23.5 Å². The van der Waals surface area contributed by atoms with Crippen LogP contribution >= 0.6 is 0 Å². The molecule has 1 aliphatic heterocycles. The van der Waals surface area contributed by atoms with Gasteiger partial charge in [0.1, 0.15) is 17.2 Å². The summed E-state index contributed by atoms with van der Waals surface area (Å²) in [6.07, 6.45) is 0.315. The number of nitrogens with two attached hydrogens (primary N) is 1. The number of hydrogen-bond acceptors (Lipinski definition) is 4. The number of benzene rings is 2. The van der Waals surface area contributed by atoms with Crippen LogP contribution in [0.4, 0.5) is 9.18 Å². The van der Waals surface area contributed by atoms with Gasteiger partial charge < -0.3 is 20.1 Å². The Morgan fingerprint density at radius 2 is 1.90 bits per heavy atom. The van der Waals surface area contributed by atoms with E-state index in [1.807, 2.05) is 31.2 Å². The van der Waals surface area contributed by atoms with Gasteiger partial charge in [-0.05, 0) is 42.3 Å². The molecule has 0 saturated carbocycles. The second-order valence-electron chi connectivity index (χ2n) is 7.23. The highest BCUT2D eigenvalue weighted by Gasteiger charge is 2.43. The number of nitrogens with zero attached hydrogens (tertiary/aromatic N) is 1. The summed E-state index contributed by atoms with van der Waals surface area (Å²) in [5.41, 5.74) is 5.93. The Morgan fingerprint density at radius 1 is 1.24 bits per heavy atom. The van der Waals surface area contributed by atoms with E-state index >= 15 is 0 Å². The van der Waals surface area contributed by atoms with E-state index in [9.17, 15) is 14.0 Å². The Labute approximate surface area is 169 Å². The van der Waals surface area contributed by atoms with Crippen LogP contribution in [0.3, 0.4) is 0 Å². The van der Waals surface area contributed by atoms with E-state index in [4.69, 9.17) is 15.2 Å². The molecule has 154 valence electrons. The number of carbonyl (C=O) groups is 2. The van der Waals surface area contributed by atoms with Crippen molar-refractivity contribution in [1.82, 2.24) is 4.90 Å². The SMILES string of the molecule is COc1ccc([C@H](C)N2CC[C@](CCC(N)=O)(c3ccc(F)cc3)OC2=O)cc1. The largest absolute Gasteiger partial charge is 0.497 e. The lowest BCUT2D eigenvalue weighted by Crippen LogP contribution is -2.49. The zero-order valence-corrected chi connectivity index (χ0v) is 16.6. The van der Waals surface area contributed by atoms with E-state index in [1.54, 1.807) is 24.1 Å². The Kier molecular flexibility index (Phi) is 6.06. The van der Waals surface area contributed by atoms with Crippen molar-refractivity contribution in [2.24, 2.45) is 5.73 Å². The number of halogens is 1. The standard InChI is InChI=1S/C22H25FN2O4/c1-15(16-3-9-19(28-2)10-4-16)25-14-13-22(29-21(25)27,12-11-20(24)26)17-5-7-18(23)8-6-17/h3-10,15H,11-14H2,1-2H3,(H2,24,26)/t15-,22+/m0/s1. The fourth-order valence-electron chi connectivity index (χ4n) is 3.69. The van der Waals surface area contributed by atoms with Crippen molar-refractivity contribution >= 4 is 12.0 Å². The molecule has 1 heterocycles. The maximum absolute atomic E-state index is 13.4. The molecule has 1 saturated heterocycles. The first-order valence-corrected chi connectivity index (χ1v) is 9.52. The topological polar surface area (TPSA) is 81.9 Å². The van der Waals surface area contributed by atoms with Crippen molar-refractivity contribution in [1.29, 1.82) is 0 Å². The van der Waals surface area contributed by atoms with E-state index in [0.29, 0.717) is 18.5 Å². The summed E-state index contributed by atoms with van der Waals surface area (Å²) in [5.74, 6) is -0.115. The molecular formula is C22H25FN2O4. The molecule has 6 nitrogen and oxygen atoms in total. The summed E-state index contributed by atoms with van der Waals surface area (Å²) >= 11 is 0. The molecule has 2 amide bonds. The Morgan fingerprint density at radius 3 is 2.45 bits per heavy atom. The number of ether oxygens (including phenoxy) is 2. The van der Waals surface area contributed by atoms with E-state index in [2.05, 4.69) is 0 Å². The maximum Gasteiger partial charge on any atom is 0.411 e. The summed E-state index contributed by atoms with van der Waals surface area (Å²) in [6, 6.07) is 13.1. The lowest BCUT2D eigenvalue weighted by molar-refractivity contribution is -0.121. The number of carbonyl (C=O) groups excluding carboxylic acids is 2. The zero-order valence-electron chi connectivity index (χ0n) is 16.6. The van der Waals surface area contributed by atoms with Crippen LogP contribution in [0.5, 0.6) is 5.75 Å². The second-order valence-corrected chi connectivity index (χ2v) is 7.23. The molecule has 7 heteroatoms. The van der Waals surface area contributed by atoms with Crippen molar-refractivity contribution in [3.63, 3.8) is 0 Å². The van der Waals surface area contributed by atoms with Gasteiger partial charge in [0.15, 0.2) is 0 Å². The van der Waals surface area contributed by atoms with Crippen LogP contribution < -0.4 is 10.5 Å². The number of rotatable bonds is 7. The fraction of sp³-hybridized carbons (Fsp3) is 0.364. The number of hydrogen-bond donors (Lipinski definition) is 1. The molecule has 2 atom stereocenters. The molecule has 1 aliphatic rings. The molecular weight excluding hydrogens is 375 g/mol. The molecule has 3 rings (SSSR count). The molecule has 29 heavy (non-hydrogen) atoms. The van der Waals surface area contributed by atoms with Crippen LogP contribution in [0.1, 0.15) is 43.4 Å². The van der Waals surface area contributed by atoms with Crippen LogP contribution in [0.15, 0.2) is 48.5 Å². The minimum absolute atomic E-state index is 0.0681. The minimum Gasteiger partial charge on any atom is -0.497 e. The third-order valence-corrected chi connectivity index (χ3v) is 5.49. The van der Waals surface area contributed by atoms with Crippen LogP contribution in [0.25, 0.3) is 0 Å². The number of cyclic esters (lactones) is 1. The summed E-state index contributed by atoms with van der Waals surface area (Å²) in [5, 5.41) is 0. The lowest BCUT2D eigenvalue weighted by atomic mass is 9.84. The highest BCUT2D eigenvalue weighted by atomic mass is 19.1. The van der Waals surface area contributed by atoms with Gasteiger partial charge in [0.05, 0.1) is 13.2 Å². The Hall–Kier alpha value is -3.09. The Balaban J connectivity index is 1.82. The van der Waals surface area contributed by atoms with E-state index in [0.717, 1.165) is 11.3 Å². The van der Waals surface area contributed by atoms with Crippen molar-refractivity contribution in [3.05, 3.63) is 65.5 Å². The van der Waals surface area contributed by atoms with Gasteiger partial charge in [-0.25, -0.2) is 9.18 Å². The summed E-state index contributed by atoms with van der Waals surface area (Å²) < 4.78 is 24.4. The molecule has 0 radical (unpaired) electrons. The number of methoxy groups -OCH3 is 1. The van der Waals surface area contributed by atoms with E-state index in [-0.39, 0.29) is 24.7 Å². The average Bonchev–Trinajstić information content (AvgIpc) is 2.72. The molecule has 1 fully saturated rings. The van der Waals surface area contributed by atoms with E-state index < -0.39 is 17.6 Å². The second kappa shape index (κ2) is 8.51. The van der Waals surface area contributed by atoms with Gasteiger partial charge in [0.2, 0.25) is 5.91 Å². The first-order chi connectivity index (χ1) is 13.8. The van der Waals surface area contributed by atoms with Crippen LogP contribution in [-0.4, -0.2) is 30.6 Å². The van der Waals surface area contributed by atoms with Gasteiger partial charge in [-0.2, -0.15) is 0 Å². The first kappa shape index (κ1) is 20.6. The molecule has 2 aromatic carbocycles. The van der Waals surface area contributed by atoms with Gasteiger partial charge >= 0.3 is 6.09 Å². The smallest absolute Gasteiger partial charge is 0.411 e. The summed E-state index contributed by atoms with van der Waals surface area (Å²) in [4.78, 5) is 25.9. The molecule has 2 N–H and O–H groups in total. The molecule has 0 unspecified atom stereocenters. The van der Waals surface area contributed by atoms with Gasteiger partial charge in [-0.3, -0.25) is 4.79 Å². The third-order valence-electron chi connectivity index (χ3n) is 5.49. The lowest BCUT2D eigenvalue weighted by Gasteiger charge is -2.43. The average molecular weight is 400 g/mol. The van der Waals surface area contributed by atoms with Gasteiger partial charge in [-0.1, -0.05) is 24.3 Å². The normalized spacial score (nSPS) is 20.1. The number of amides is 2. The third kappa shape index (κ3) is 4.50. The molecule has 0 aliphatic carbocycles. The predicted molar refractivity (Wildman–Crippen MR) is 106 cm³/mol. The maximum atomic E-state index is 13.4. The van der Waals surface area contributed by atoms with Gasteiger partial charge in [0, 0.05) is 25.8 Å². The zero-order chi connectivity index (χ0) is 21.0. The van der Waals surface area contributed by atoms with Gasteiger partial charge in [-0.15, -0.1) is 0 Å². The Bertz CT molecular complexity index is 869. The summed E-state index contributed by atoms with van der Waals surface area (Å²) in [6.45, 7) is 2.36. The fourth-order valence-corrected chi connectivity index (χ4v) is 3.69. The quantitative estimate of drug-likeness (QED) is 0.764. The summed E-state index contributed by atoms with van der Waals surface area (Å²) in [7, 11) is 1.60. The first-order valence-electron chi connectivity index (χ1n) is 9.52. The van der Waals surface area contributed by atoms with Crippen molar-refractivity contribution in [3.8, 4) is 5.75 Å². The minimum atomic E-state index is -1.00. The molecule has 2 aromatic rings. The van der Waals surface area contributed by atoms with Gasteiger partial charge in [0.25, 0.3) is 0 Å². The highest BCUT2D eigenvalue weighted by molar-refractivity contribution is 5.74. The number of primary amides is 1.